The Labute approximate surface area is 190 Å². The lowest BCUT2D eigenvalue weighted by Gasteiger charge is -2.13. The lowest BCUT2D eigenvalue weighted by molar-refractivity contribution is 0.172. The number of halogens is 1. The molecule has 1 aliphatic rings. The second-order valence-corrected chi connectivity index (χ2v) is 7.00. The lowest BCUT2D eigenvalue weighted by atomic mass is 10.3. The number of nitrogens with zero attached hydrogens (tertiary/aromatic N) is 3. The van der Waals surface area contributed by atoms with E-state index in [-0.39, 0.29) is 24.0 Å². The van der Waals surface area contributed by atoms with Crippen molar-refractivity contribution in [3.05, 3.63) is 42.2 Å². The minimum atomic E-state index is 0. The van der Waals surface area contributed by atoms with Gasteiger partial charge in [0.05, 0.1) is 24.9 Å². The van der Waals surface area contributed by atoms with Crippen LogP contribution < -0.4 is 15.4 Å². The number of anilines is 1. The molecule has 1 fully saturated rings. The van der Waals surface area contributed by atoms with E-state index in [1.165, 1.54) is 25.7 Å². The van der Waals surface area contributed by atoms with Gasteiger partial charge in [-0.2, -0.15) is 5.10 Å². The summed E-state index contributed by atoms with van der Waals surface area (Å²) in [5.74, 6) is 1.53. The van der Waals surface area contributed by atoms with Crippen molar-refractivity contribution in [2.24, 2.45) is 4.99 Å². The van der Waals surface area contributed by atoms with Crippen molar-refractivity contribution in [2.45, 2.75) is 44.7 Å². The highest BCUT2D eigenvalue weighted by molar-refractivity contribution is 14.0. The number of hydrogen-bond donors (Lipinski definition) is 2. The first-order valence-electron chi connectivity index (χ1n) is 10.0. The summed E-state index contributed by atoms with van der Waals surface area (Å²) in [6.45, 7) is 1.96. The number of ether oxygens (including phenoxy) is 2. The Morgan fingerprint density at radius 3 is 2.83 bits per heavy atom. The van der Waals surface area contributed by atoms with Gasteiger partial charge in [0.2, 0.25) is 0 Å². The van der Waals surface area contributed by atoms with Crippen LogP contribution in [0.5, 0.6) is 5.75 Å². The molecule has 2 aromatic rings. The molecule has 8 heteroatoms. The summed E-state index contributed by atoms with van der Waals surface area (Å²) in [5, 5.41) is 11.3. The molecule has 0 unspecified atom stereocenters. The largest absolute Gasteiger partial charge is 0.493 e. The third kappa shape index (κ3) is 7.50. The van der Waals surface area contributed by atoms with Crippen molar-refractivity contribution in [1.29, 1.82) is 0 Å². The van der Waals surface area contributed by atoms with Gasteiger partial charge in [-0.3, -0.25) is 9.67 Å². The Morgan fingerprint density at radius 2 is 2.07 bits per heavy atom. The molecule has 1 aliphatic carbocycles. The zero-order chi connectivity index (χ0) is 19.6. The summed E-state index contributed by atoms with van der Waals surface area (Å²) >= 11 is 0. The van der Waals surface area contributed by atoms with E-state index in [0.717, 1.165) is 23.6 Å². The Balaban J connectivity index is 0.00000300. The van der Waals surface area contributed by atoms with Gasteiger partial charge in [0.25, 0.3) is 0 Å². The monoisotopic (exact) mass is 513 g/mol. The number of aromatic nitrogens is 2. The molecule has 1 aromatic heterocycles. The van der Waals surface area contributed by atoms with E-state index in [1.54, 1.807) is 14.2 Å². The highest BCUT2D eigenvalue weighted by atomic mass is 127. The van der Waals surface area contributed by atoms with Crippen LogP contribution in [0.3, 0.4) is 0 Å². The van der Waals surface area contributed by atoms with Crippen molar-refractivity contribution in [3.63, 3.8) is 0 Å². The van der Waals surface area contributed by atoms with E-state index in [9.17, 15) is 0 Å². The molecule has 1 saturated carbocycles. The molecular weight excluding hydrogens is 481 g/mol. The number of nitrogens with one attached hydrogen (secondary N) is 2. The molecule has 7 nitrogen and oxygen atoms in total. The van der Waals surface area contributed by atoms with Crippen LogP contribution in [0.2, 0.25) is 0 Å². The summed E-state index contributed by atoms with van der Waals surface area (Å²) < 4.78 is 12.9. The maximum atomic E-state index is 5.75. The van der Waals surface area contributed by atoms with Crippen LogP contribution in [0, 0.1) is 0 Å². The van der Waals surface area contributed by atoms with Crippen LogP contribution in [-0.2, 0) is 11.3 Å². The molecule has 0 saturated heterocycles. The van der Waals surface area contributed by atoms with E-state index in [0.29, 0.717) is 31.8 Å². The van der Waals surface area contributed by atoms with Crippen LogP contribution in [0.4, 0.5) is 5.69 Å². The quantitative estimate of drug-likeness (QED) is 0.228. The maximum Gasteiger partial charge on any atom is 0.195 e. The van der Waals surface area contributed by atoms with Crippen LogP contribution in [0.1, 0.15) is 43.8 Å². The molecule has 29 heavy (non-hydrogen) atoms. The Hall–Kier alpha value is -1.81. The third-order valence-electron chi connectivity index (χ3n) is 4.88. The average Bonchev–Trinajstić information content (AvgIpc) is 3.40. The molecule has 0 amide bonds. The molecule has 0 atom stereocenters. The van der Waals surface area contributed by atoms with Crippen LogP contribution in [0.25, 0.3) is 0 Å². The van der Waals surface area contributed by atoms with Gasteiger partial charge in [-0.25, -0.2) is 0 Å². The van der Waals surface area contributed by atoms with E-state index in [1.807, 2.05) is 24.3 Å². The highest BCUT2D eigenvalue weighted by Crippen LogP contribution is 2.28. The molecule has 160 valence electrons. The van der Waals surface area contributed by atoms with Gasteiger partial charge in [0.1, 0.15) is 5.75 Å². The minimum absolute atomic E-state index is 0. The maximum absolute atomic E-state index is 5.75. The van der Waals surface area contributed by atoms with E-state index in [2.05, 4.69) is 32.6 Å². The molecule has 0 spiro atoms. The molecule has 1 aromatic carbocycles. The van der Waals surface area contributed by atoms with E-state index < -0.39 is 0 Å². The fourth-order valence-corrected chi connectivity index (χ4v) is 3.39. The molecule has 0 aliphatic heterocycles. The van der Waals surface area contributed by atoms with Crippen molar-refractivity contribution in [1.82, 2.24) is 15.1 Å². The number of benzene rings is 1. The zero-order valence-electron chi connectivity index (χ0n) is 17.3. The van der Waals surface area contributed by atoms with E-state index in [4.69, 9.17) is 14.6 Å². The molecular formula is C21H32IN5O2. The predicted octanol–water partition coefficient (Wildman–Crippen LogP) is 4.22. The number of aliphatic imine (C=N–C) groups is 1. The third-order valence-corrected chi connectivity index (χ3v) is 4.88. The van der Waals surface area contributed by atoms with Crippen molar-refractivity contribution in [2.75, 3.05) is 32.7 Å². The predicted molar refractivity (Wildman–Crippen MR) is 127 cm³/mol. The van der Waals surface area contributed by atoms with Gasteiger partial charge in [-0.1, -0.05) is 18.9 Å². The summed E-state index contributed by atoms with van der Waals surface area (Å²) in [6.07, 6.45) is 8.05. The van der Waals surface area contributed by atoms with Crippen LogP contribution in [0.15, 0.2) is 41.5 Å². The fraction of sp³-hybridized carbons (Fsp3) is 0.524. The van der Waals surface area contributed by atoms with Gasteiger partial charge in [-0.15, -0.1) is 24.0 Å². The number of rotatable bonds is 9. The summed E-state index contributed by atoms with van der Waals surface area (Å²) in [4.78, 5) is 4.30. The summed E-state index contributed by atoms with van der Waals surface area (Å²) in [7, 11) is 3.46. The molecule has 3 rings (SSSR count). The van der Waals surface area contributed by atoms with Crippen LogP contribution in [-0.4, -0.2) is 43.1 Å². The number of hydrogen-bond acceptors (Lipinski definition) is 4. The van der Waals surface area contributed by atoms with Gasteiger partial charge >= 0.3 is 0 Å². The first-order valence-corrected chi connectivity index (χ1v) is 10.0. The Bertz CT molecular complexity index is 759. The Kier molecular flexibility index (Phi) is 10.3. The summed E-state index contributed by atoms with van der Waals surface area (Å²) in [6, 6.07) is 10.5. The second-order valence-electron chi connectivity index (χ2n) is 7.00. The zero-order valence-corrected chi connectivity index (χ0v) is 19.6. The first-order chi connectivity index (χ1) is 13.8. The minimum Gasteiger partial charge on any atom is -0.493 e. The lowest BCUT2D eigenvalue weighted by Crippen LogP contribution is -2.30. The number of guanidine groups is 1. The smallest absolute Gasteiger partial charge is 0.195 e. The second kappa shape index (κ2) is 12.7. The van der Waals surface area contributed by atoms with Crippen molar-refractivity contribution >= 4 is 35.6 Å². The average molecular weight is 513 g/mol. The standard InChI is InChI=1S/C21H31N5O2.HI/c1-22-21(23-16-18-11-12-26(25-18)19-8-3-4-9-19)24-17-7-5-10-20(15-17)28-14-6-13-27-2;/h5,7,10-12,15,19H,3-4,6,8-9,13-14,16H2,1-2H3,(H2,22,23,24);1H. The number of methoxy groups -OCH3 is 1. The van der Waals surface area contributed by atoms with Gasteiger partial charge < -0.3 is 20.1 Å². The van der Waals surface area contributed by atoms with Gasteiger partial charge in [-0.05, 0) is 31.0 Å². The highest BCUT2D eigenvalue weighted by Gasteiger charge is 2.17. The molecule has 1 heterocycles. The van der Waals surface area contributed by atoms with Gasteiger partial charge in [0, 0.05) is 45.1 Å². The van der Waals surface area contributed by atoms with Crippen molar-refractivity contribution in [3.8, 4) is 5.75 Å². The normalized spacial score (nSPS) is 14.5. The Morgan fingerprint density at radius 1 is 1.24 bits per heavy atom. The first kappa shape index (κ1) is 23.5. The molecule has 2 N–H and O–H groups in total. The summed E-state index contributed by atoms with van der Waals surface area (Å²) in [5.41, 5.74) is 1.94. The topological polar surface area (TPSA) is 72.7 Å². The molecule has 0 radical (unpaired) electrons. The fourth-order valence-electron chi connectivity index (χ4n) is 3.39. The SMILES string of the molecule is CN=C(NCc1ccn(C2CCCC2)n1)Nc1cccc(OCCCOC)c1.I. The molecule has 0 bridgehead atoms. The van der Waals surface area contributed by atoms with Gasteiger partial charge in [0.15, 0.2) is 5.96 Å². The van der Waals surface area contributed by atoms with E-state index >= 15 is 0 Å². The van der Waals surface area contributed by atoms with Crippen molar-refractivity contribution < 1.29 is 9.47 Å². The van der Waals surface area contributed by atoms with Crippen LogP contribution >= 0.6 is 24.0 Å².